The fraction of sp³-hybridized carbons (Fsp3) is 0.462. The topological polar surface area (TPSA) is 38.3 Å². The van der Waals surface area contributed by atoms with Crippen molar-refractivity contribution >= 4 is 17.6 Å². The molecule has 0 aliphatic heterocycles. The minimum Gasteiger partial charge on any atom is -0.468 e. The van der Waals surface area contributed by atoms with Crippen LogP contribution in [0.2, 0.25) is 5.02 Å². The van der Waals surface area contributed by atoms with Gasteiger partial charge in [0.05, 0.1) is 7.11 Å². The van der Waals surface area contributed by atoms with Crippen LogP contribution in [0.15, 0.2) is 18.2 Å². The van der Waals surface area contributed by atoms with E-state index in [0.717, 1.165) is 5.56 Å². The Bertz CT molecular complexity index is 423. The number of hydrogen-bond acceptors (Lipinski definition) is 3. The van der Waals surface area contributed by atoms with Crippen molar-refractivity contribution in [2.45, 2.75) is 26.4 Å². The van der Waals surface area contributed by atoms with E-state index < -0.39 is 6.04 Å². The van der Waals surface area contributed by atoms with Gasteiger partial charge in [-0.1, -0.05) is 31.5 Å². The maximum Gasteiger partial charge on any atom is 0.323 e. The molecule has 5 heteroatoms. The summed E-state index contributed by atoms with van der Waals surface area (Å²) in [5, 5.41) is 3.41. The number of methoxy groups -OCH3 is 1. The molecule has 1 aromatic rings. The van der Waals surface area contributed by atoms with Crippen molar-refractivity contribution in [2.24, 2.45) is 5.92 Å². The molecule has 100 valence electrons. The Morgan fingerprint density at radius 2 is 2.17 bits per heavy atom. The Kier molecular flexibility index (Phi) is 5.56. The van der Waals surface area contributed by atoms with Gasteiger partial charge in [-0.2, -0.15) is 0 Å². The molecule has 0 aliphatic carbocycles. The molecule has 1 N–H and O–H groups in total. The highest BCUT2D eigenvalue weighted by Gasteiger charge is 2.22. The zero-order chi connectivity index (χ0) is 13.7. The van der Waals surface area contributed by atoms with E-state index in [1.807, 2.05) is 13.8 Å². The Balaban J connectivity index is 2.70. The Morgan fingerprint density at radius 1 is 1.50 bits per heavy atom. The number of nitrogens with one attached hydrogen (secondary N) is 1. The summed E-state index contributed by atoms with van der Waals surface area (Å²) in [6.45, 7) is 4.22. The number of carbonyl (C=O) groups is 1. The van der Waals surface area contributed by atoms with Crippen LogP contribution in [0.1, 0.15) is 19.4 Å². The molecule has 0 saturated carbocycles. The monoisotopic (exact) mass is 273 g/mol. The van der Waals surface area contributed by atoms with E-state index in [0.29, 0.717) is 11.6 Å². The second-order valence-corrected chi connectivity index (χ2v) is 4.77. The molecule has 0 radical (unpaired) electrons. The van der Waals surface area contributed by atoms with Gasteiger partial charge in [0.2, 0.25) is 0 Å². The van der Waals surface area contributed by atoms with Crippen LogP contribution >= 0.6 is 11.6 Å². The lowest BCUT2D eigenvalue weighted by Gasteiger charge is -2.20. The van der Waals surface area contributed by atoms with Crippen molar-refractivity contribution in [1.29, 1.82) is 0 Å². The third kappa shape index (κ3) is 3.96. The number of hydrogen-bond donors (Lipinski definition) is 1. The summed E-state index contributed by atoms with van der Waals surface area (Å²) in [5.74, 6) is -0.600. The third-order valence-corrected chi connectivity index (χ3v) is 3.00. The highest BCUT2D eigenvalue weighted by molar-refractivity contribution is 6.31. The van der Waals surface area contributed by atoms with E-state index in [2.05, 4.69) is 5.32 Å². The van der Waals surface area contributed by atoms with Crippen molar-refractivity contribution in [1.82, 2.24) is 5.32 Å². The Morgan fingerprint density at radius 3 is 2.67 bits per heavy atom. The molecule has 1 aromatic carbocycles. The summed E-state index contributed by atoms with van der Waals surface area (Å²) < 4.78 is 17.6. The predicted octanol–water partition coefficient (Wildman–Crippen LogP) is 2.77. The Hall–Kier alpha value is -1.13. The summed E-state index contributed by atoms with van der Waals surface area (Å²) >= 11 is 5.91. The summed E-state index contributed by atoms with van der Waals surface area (Å²) in [4.78, 5) is 11.5. The molecule has 0 unspecified atom stereocenters. The molecule has 0 aliphatic rings. The molecule has 0 saturated heterocycles. The van der Waals surface area contributed by atoms with Gasteiger partial charge in [-0.3, -0.25) is 4.79 Å². The fourth-order valence-corrected chi connectivity index (χ4v) is 1.84. The number of rotatable bonds is 5. The number of benzene rings is 1. The predicted molar refractivity (Wildman–Crippen MR) is 68.9 cm³/mol. The maximum atomic E-state index is 12.9. The van der Waals surface area contributed by atoms with Crippen molar-refractivity contribution in [3.05, 3.63) is 34.6 Å². The number of carbonyl (C=O) groups excluding carboxylic acids is 1. The zero-order valence-electron chi connectivity index (χ0n) is 10.7. The average Bonchev–Trinajstić information content (AvgIpc) is 2.31. The van der Waals surface area contributed by atoms with Crippen LogP contribution in [0, 0.1) is 11.7 Å². The molecule has 1 rings (SSSR count). The summed E-state index contributed by atoms with van der Waals surface area (Å²) in [6, 6.07) is 3.78. The van der Waals surface area contributed by atoms with E-state index in [1.165, 1.54) is 19.2 Å². The second kappa shape index (κ2) is 6.71. The number of esters is 1. The van der Waals surface area contributed by atoms with Crippen LogP contribution in [-0.4, -0.2) is 19.1 Å². The van der Waals surface area contributed by atoms with Gasteiger partial charge < -0.3 is 10.1 Å². The number of ether oxygens (including phenoxy) is 1. The lowest BCUT2D eigenvalue weighted by molar-refractivity contribution is -0.144. The molecule has 0 fully saturated rings. The molecule has 0 heterocycles. The van der Waals surface area contributed by atoms with Crippen LogP contribution < -0.4 is 5.32 Å². The number of halogens is 2. The summed E-state index contributed by atoms with van der Waals surface area (Å²) in [6.07, 6.45) is 0. The molecule has 18 heavy (non-hydrogen) atoms. The van der Waals surface area contributed by atoms with Gasteiger partial charge in [0, 0.05) is 11.6 Å². The average molecular weight is 274 g/mol. The Labute approximate surface area is 111 Å². The molecule has 3 nitrogen and oxygen atoms in total. The van der Waals surface area contributed by atoms with Gasteiger partial charge in [-0.25, -0.2) is 4.39 Å². The fourth-order valence-electron chi connectivity index (χ4n) is 1.60. The molecule has 0 bridgehead atoms. The molecule has 1 atom stereocenters. The molecule has 0 spiro atoms. The highest BCUT2D eigenvalue weighted by Crippen LogP contribution is 2.17. The largest absolute Gasteiger partial charge is 0.468 e. The minimum absolute atomic E-state index is 0.0941. The SMILES string of the molecule is COC(=O)[C@@H](NCc1ccc(F)cc1Cl)C(C)C. The van der Waals surface area contributed by atoms with Crippen LogP contribution in [0.4, 0.5) is 4.39 Å². The van der Waals surface area contributed by atoms with Gasteiger partial charge >= 0.3 is 5.97 Å². The zero-order valence-corrected chi connectivity index (χ0v) is 11.4. The second-order valence-electron chi connectivity index (χ2n) is 4.36. The normalized spacial score (nSPS) is 12.6. The molecule has 0 aromatic heterocycles. The van der Waals surface area contributed by atoms with E-state index in [9.17, 15) is 9.18 Å². The van der Waals surface area contributed by atoms with Crippen molar-refractivity contribution in [3.63, 3.8) is 0 Å². The smallest absolute Gasteiger partial charge is 0.323 e. The van der Waals surface area contributed by atoms with E-state index in [4.69, 9.17) is 16.3 Å². The quantitative estimate of drug-likeness (QED) is 0.839. The van der Waals surface area contributed by atoms with Gasteiger partial charge in [0.25, 0.3) is 0 Å². The lowest BCUT2D eigenvalue weighted by Crippen LogP contribution is -2.41. The van der Waals surface area contributed by atoms with E-state index in [-0.39, 0.29) is 17.7 Å². The molecular weight excluding hydrogens is 257 g/mol. The standard InChI is InChI=1S/C13H17ClFNO2/c1-8(2)12(13(17)18-3)16-7-9-4-5-10(15)6-11(9)14/h4-6,8,12,16H,7H2,1-3H3/t12-/m0/s1. The summed E-state index contributed by atoms with van der Waals surface area (Å²) in [7, 11) is 1.35. The van der Waals surface area contributed by atoms with Crippen molar-refractivity contribution in [3.8, 4) is 0 Å². The van der Waals surface area contributed by atoms with Gasteiger partial charge in [-0.05, 0) is 23.6 Å². The van der Waals surface area contributed by atoms with Gasteiger partial charge in [0.1, 0.15) is 11.9 Å². The van der Waals surface area contributed by atoms with Crippen LogP contribution in [0.25, 0.3) is 0 Å². The molecular formula is C13H17ClFNO2. The molecule has 0 amide bonds. The minimum atomic E-state index is -0.406. The van der Waals surface area contributed by atoms with Crippen LogP contribution in [0.3, 0.4) is 0 Å². The van der Waals surface area contributed by atoms with Crippen molar-refractivity contribution < 1.29 is 13.9 Å². The first-order valence-corrected chi connectivity index (χ1v) is 6.08. The first-order chi connectivity index (χ1) is 8.45. The third-order valence-electron chi connectivity index (χ3n) is 2.65. The van der Waals surface area contributed by atoms with Crippen LogP contribution in [0.5, 0.6) is 0 Å². The maximum absolute atomic E-state index is 12.9. The first kappa shape index (κ1) is 14.9. The summed E-state index contributed by atoms with van der Waals surface area (Å²) in [5.41, 5.74) is 0.743. The van der Waals surface area contributed by atoms with Crippen molar-refractivity contribution in [2.75, 3.05) is 7.11 Å². The van der Waals surface area contributed by atoms with E-state index in [1.54, 1.807) is 6.07 Å². The van der Waals surface area contributed by atoms with Gasteiger partial charge in [-0.15, -0.1) is 0 Å². The lowest BCUT2D eigenvalue weighted by atomic mass is 10.0. The first-order valence-electron chi connectivity index (χ1n) is 5.70. The van der Waals surface area contributed by atoms with E-state index >= 15 is 0 Å². The van der Waals surface area contributed by atoms with Crippen LogP contribution in [-0.2, 0) is 16.1 Å². The highest BCUT2D eigenvalue weighted by atomic mass is 35.5. The van der Waals surface area contributed by atoms with Gasteiger partial charge in [0.15, 0.2) is 0 Å².